The summed E-state index contributed by atoms with van der Waals surface area (Å²) in [5.74, 6) is 0.739. The van der Waals surface area contributed by atoms with Gasteiger partial charge in [-0.15, -0.1) is 11.3 Å². The second-order valence-corrected chi connectivity index (χ2v) is 8.20. The van der Waals surface area contributed by atoms with Crippen LogP contribution in [0.15, 0.2) is 15.9 Å². The lowest BCUT2D eigenvalue weighted by Crippen LogP contribution is -2.63. The van der Waals surface area contributed by atoms with Gasteiger partial charge in [-0.3, -0.25) is 4.90 Å². The fraction of sp³-hybridized carbons (Fsp3) is 0.750. The van der Waals surface area contributed by atoms with Gasteiger partial charge in [-0.05, 0) is 46.6 Å². The number of piperazine rings is 1. The Morgan fingerprint density at radius 2 is 2.30 bits per heavy atom. The molecule has 1 fully saturated rings. The second-order valence-electron chi connectivity index (χ2n) is 6.34. The maximum atomic E-state index is 3.78. The molecule has 2 nitrogen and oxygen atoms in total. The third-order valence-electron chi connectivity index (χ3n) is 4.88. The van der Waals surface area contributed by atoms with Crippen molar-refractivity contribution < 1.29 is 0 Å². The Balaban J connectivity index is 2.15. The Morgan fingerprint density at radius 1 is 1.55 bits per heavy atom. The molecule has 0 aliphatic carbocycles. The normalized spacial score (nSPS) is 29.6. The van der Waals surface area contributed by atoms with Crippen molar-refractivity contribution in [1.29, 1.82) is 0 Å². The molecule has 1 aromatic heterocycles. The zero-order chi connectivity index (χ0) is 14.8. The van der Waals surface area contributed by atoms with Crippen LogP contribution in [0.3, 0.4) is 0 Å². The van der Waals surface area contributed by atoms with E-state index in [4.69, 9.17) is 0 Å². The van der Waals surface area contributed by atoms with Crippen molar-refractivity contribution in [2.24, 2.45) is 5.92 Å². The summed E-state index contributed by atoms with van der Waals surface area (Å²) in [4.78, 5) is 4.16. The number of halogens is 1. The monoisotopic (exact) mass is 358 g/mol. The number of thiophene rings is 1. The minimum absolute atomic E-state index is 0.258. The van der Waals surface area contributed by atoms with Crippen molar-refractivity contribution in [3.05, 3.63) is 20.8 Å². The molecule has 0 radical (unpaired) electrons. The minimum Gasteiger partial charge on any atom is -0.309 e. The lowest BCUT2D eigenvalue weighted by molar-refractivity contribution is 0.0493. The van der Waals surface area contributed by atoms with Crippen molar-refractivity contribution >= 4 is 27.3 Å². The molecular formula is C16H27BrN2S. The highest BCUT2D eigenvalue weighted by molar-refractivity contribution is 9.10. The second kappa shape index (κ2) is 6.91. The van der Waals surface area contributed by atoms with Crippen LogP contribution in [0.4, 0.5) is 0 Å². The summed E-state index contributed by atoms with van der Waals surface area (Å²) in [5.41, 5.74) is 0.258. The largest absolute Gasteiger partial charge is 0.309 e. The molecule has 3 atom stereocenters. The molecule has 2 heterocycles. The first-order valence-corrected chi connectivity index (χ1v) is 9.37. The third kappa shape index (κ3) is 3.65. The number of nitrogens with one attached hydrogen (secondary N) is 1. The molecule has 1 aliphatic heterocycles. The van der Waals surface area contributed by atoms with E-state index in [0.29, 0.717) is 6.04 Å². The van der Waals surface area contributed by atoms with Crippen molar-refractivity contribution in [1.82, 2.24) is 10.2 Å². The molecule has 0 saturated carbocycles. The summed E-state index contributed by atoms with van der Waals surface area (Å²) in [5, 5.41) is 5.96. The Bertz CT molecular complexity index is 434. The fourth-order valence-electron chi connectivity index (χ4n) is 2.97. The Kier molecular flexibility index (Phi) is 5.69. The van der Waals surface area contributed by atoms with Crippen LogP contribution in [0.5, 0.6) is 0 Å². The van der Waals surface area contributed by atoms with Gasteiger partial charge in [-0.25, -0.2) is 0 Å². The highest BCUT2D eigenvalue weighted by atomic mass is 79.9. The molecule has 20 heavy (non-hydrogen) atoms. The van der Waals surface area contributed by atoms with E-state index in [1.165, 1.54) is 22.2 Å². The van der Waals surface area contributed by atoms with Gasteiger partial charge >= 0.3 is 0 Å². The number of hydrogen-bond donors (Lipinski definition) is 1. The van der Waals surface area contributed by atoms with Gasteiger partial charge in [0.05, 0.1) is 0 Å². The molecule has 114 valence electrons. The van der Waals surface area contributed by atoms with Gasteiger partial charge in [-0.2, -0.15) is 0 Å². The van der Waals surface area contributed by atoms with Crippen LogP contribution in [0.2, 0.25) is 0 Å². The van der Waals surface area contributed by atoms with Gasteiger partial charge in [0, 0.05) is 40.6 Å². The molecule has 0 amide bonds. The molecular weight excluding hydrogens is 332 g/mol. The van der Waals surface area contributed by atoms with Crippen molar-refractivity contribution in [2.45, 2.75) is 58.7 Å². The topological polar surface area (TPSA) is 15.3 Å². The van der Waals surface area contributed by atoms with Crippen molar-refractivity contribution in [3.8, 4) is 0 Å². The van der Waals surface area contributed by atoms with E-state index in [2.05, 4.69) is 65.3 Å². The third-order valence-corrected chi connectivity index (χ3v) is 6.79. The minimum atomic E-state index is 0.258. The van der Waals surface area contributed by atoms with Crippen LogP contribution in [0, 0.1) is 5.92 Å². The molecule has 0 aromatic carbocycles. The summed E-state index contributed by atoms with van der Waals surface area (Å²) < 4.78 is 1.27. The van der Waals surface area contributed by atoms with E-state index < -0.39 is 0 Å². The van der Waals surface area contributed by atoms with Crippen LogP contribution < -0.4 is 5.32 Å². The number of rotatable bonds is 5. The molecule has 3 unspecified atom stereocenters. The first-order valence-electron chi connectivity index (χ1n) is 7.70. The van der Waals surface area contributed by atoms with Gasteiger partial charge in [-0.1, -0.05) is 27.2 Å². The van der Waals surface area contributed by atoms with Crippen molar-refractivity contribution in [3.63, 3.8) is 0 Å². The van der Waals surface area contributed by atoms with E-state index in [0.717, 1.165) is 25.6 Å². The fourth-order valence-corrected chi connectivity index (χ4v) is 4.47. The molecule has 2 rings (SSSR count). The van der Waals surface area contributed by atoms with E-state index in [1.54, 1.807) is 0 Å². The molecule has 1 saturated heterocycles. The molecule has 4 heteroatoms. The highest BCUT2D eigenvalue weighted by Gasteiger charge is 2.36. The van der Waals surface area contributed by atoms with Crippen molar-refractivity contribution in [2.75, 3.05) is 13.1 Å². The van der Waals surface area contributed by atoms with E-state index in [-0.39, 0.29) is 5.54 Å². The zero-order valence-corrected chi connectivity index (χ0v) is 15.5. The lowest BCUT2D eigenvalue weighted by Gasteiger charge is -2.48. The van der Waals surface area contributed by atoms with Crippen LogP contribution >= 0.6 is 27.3 Å². The summed E-state index contributed by atoms with van der Waals surface area (Å²) >= 11 is 5.54. The summed E-state index contributed by atoms with van der Waals surface area (Å²) in [6, 6.07) is 2.81. The van der Waals surface area contributed by atoms with Crippen LogP contribution in [-0.4, -0.2) is 29.6 Å². The standard InChI is InChI=1S/C16H27BrN2S/c1-5-12(3)14-9-18-16(4,6-2)11-19(14)10-15-13(17)7-8-20-15/h7-8,12,14,18H,5-6,9-11H2,1-4H3. The van der Waals surface area contributed by atoms with E-state index in [9.17, 15) is 0 Å². The Labute approximate surface area is 136 Å². The predicted octanol–water partition coefficient (Wildman–Crippen LogP) is 4.50. The summed E-state index contributed by atoms with van der Waals surface area (Å²) in [6.07, 6.45) is 2.43. The van der Waals surface area contributed by atoms with Gasteiger partial charge in [0.1, 0.15) is 0 Å². The van der Waals surface area contributed by atoms with Gasteiger partial charge < -0.3 is 5.32 Å². The summed E-state index contributed by atoms with van der Waals surface area (Å²) in [7, 11) is 0. The summed E-state index contributed by atoms with van der Waals surface area (Å²) in [6.45, 7) is 12.7. The molecule has 0 bridgehead atoms. The van der Waals surface area contributed by atoms with Gasteiger partial charge in [0.15, 0.2) is 0 Å². The van der Waals surface area contributed by atoms with Crippen LogP contribution in [0.25, 0.3) is 0 Å². The quantitative estimate of drug-likeness (QED) is 0.833. The smallest absolute Gasteiger partial charge is 0.0343 e. The molecule has 0 spiro atoms. The van der Waals surface area contributed by atoms with E-state index in [1.807, 2.05) is 11.3 Å². The maximum Gasteiger partial charge on any atom is 0.0343 e. The van der Waals surface area contributed by atoms with Gasteiger partial charge in [0.2, 0.25) is 0 Å². The Hall–Kier alpha value is 0.100. The highest BCUT2D eigenvalue weighted by Crippen LogP contribution is 2.30. The molecule has 1 aliphatic rings. The molecule has 1 aromatic rings. The molecule has 1 N–H and O–H groups in total. The van der Waals surface area contributed by atoms with Gasteiger partial charge in [0.25, 0.3) is 0 Å². The Morgan fingerprint density at radius 3 is 2.85 bits per heavy atom. The number of hydrogen-bond acceptors (Lipinski definition) is 3. The average molecular weight is 359 g/mol. The van der Waals surface area contributed by atoms with E-state index >= 15 is 0 Å². The zero-order valence-electron chi connectivity index (χ0n) is 13.1. The first-order chi connectivity index (χ1) is 9.49. The predicted molar refractivity (Wildman–Crippen MR) is 92.4 cm³/mol. The average Bonchev–Trinajstić information content (AvgIpc) is 2.84. The maximum absolute atomic E-state index is 3.78. The SMILES string of the molecule is CCC(C)C1CNC(C)(CC)CN1Cc1sccc1Br. The number of nitrogens with zero attached hydrogens (tertiary/aromatic N) is 1. The lowest BCUT2D eigenvalue weighted by atomic mass is 9.88. The van der Waals surface area contributed by atoms with Crippen LogP contribution in [-0.2, 0) is 6.54 Å². The van der Waals surface area contributed by atoms with Crippen LogP contribution in [0.1, 0.15) is 45.4 Å². The first kappa shape index (κ1) is 16.5.